The minimum Gasteiger partial charge on any atom is -0.331 e. The van der Waals surface area contributed by atoms with Gasteiger partial charge in [-0.1, -0.05) is 30.3 Å². The highest BCUT2D eigenvalue weighted by Crippen LogP contribution is 2.15. The molecule has 0 aliphatic rings. The fraction of sp³-hybridized carbons (Fsp3) is 0.133. The van der Waals surface area contributed by atoms with Gasteiger partial charge in [0.1, 0.15) is 5.82 Å². The number of aryl methyl sites for hydroxylation is 2. The molecule has 0 aliphatic carbocycles. The highest BCUT2D eigenvalue weighted by molar-refractivity contribution is 7.71. The predicted octanol–water partition coefficient (Wildman–Crippen LogP) is 4.08. The Labute approximate surface area is 115 Å². The first kappa shape index (κ1) is 12.1. The Hall–Kier alpha value is -1.94. The molecule has 2 nitrogen and oxygen atoms in total. The lowest BCUT2D eigenvalue weighted by Crippen LogP contribution is -2.02. The number of halogens is 1. The van der Waals surface area contributed by atoms with Crippen molar-refractivity contribution >= 4 is 23.3 Å². The molecule has 0 fully saturated rings. The Morgan fingerprint density at radius 3 is 2.63 bits per heavy atom. The van der Waals surface area contributed by atoms with Crippen molar-refractivity contribution in [2.24, 2.45) is 0 Å². The molecule has 4 heteroatoms. The van der Waals surface area contributed by atoms with Crippen LogP contribution >= 0.6 is 12.2 Å². The third-order valence-corrected chi connectivity index (χ3v) is 3.57. The number of para-hydroxylation sites is 2. The second-order valence-electron chi connectivity index (χ2n) is 4.44. The third-order valence-electron chi connectivity index (χ3n) is 3.24. The van der Waals surface area contributed by atoms with Gasteiger partial charge in [-0.2, -0.15) is 0 Å². The van der Waals surface area contributed by atoms with Crippen LogP contribution in [0.4, 0.5) is 4.39 Å². The van der Waals surface area contributed by atoms with Gasteiger partial charge in [-0.3, -0.25) is 0 Å². The molecule has 0 saturated carbocycles. The van der Waals surface area contributed by atoms with E-state index in [0.29, 0.717) is 17.7 Å². The Bertz CT molecular complexity index is 773. The molecule has 1 aromatic heterocycles. The summed E-state index contributed by atoms with van der Waals surface area (Å²) in [6, 6.07) is 14.8. The summed E-state index contributed by atoms with van der Waals surface area (Å²) in [6.07, 6.45) is 0.628. The second kappa shape index (κ2) is 4.97. The largest absolute Gasteiger partial charge is 0.331 e. The molecule has 1 N–H and O–H groups in total. The molecule has 2 aromatic carbocycles. The van der Waals surface area contributed by atoms with Crippen molar-refractivity contribution in [2.75, 3.05) is 0 Å². The number of aromatic amines is 1. The molecule has 0 amide bonds. The standard InChI is InChI=1S/C15H13FN2S/c16-12-6-2-1-5-11(12)9-10-18-14-8-4-3-7-13(14)17-15(18)19/h1-8H,9-10H2,(H,17,19). The van der Waals surface area contributed by atoms with Crippen molar-refractivity contribution in [2.45, 2.75) is 13.0 Å². The number of fused-ring (bicyclic) bond motifs is 1. The van der Waals surface area contributed by atoms with Gasteiger partial charge in [0.15, 0.2) is 4.77 Å². The second-order valence-corrected chi connectivity index (χ2v) is 4.83. The van der Waals surface area contributed by atoms with Crippen molar-refractivity contribution in [1.29, 1.82) is 0 Å². The third kappa shape index (κ3) is 2.31. The SMILES string of the molecule is Fc1ccccc1CCn1c(=S)[nH]c2ccccc21. The number of rotatable bonds is 3. The molecule has 0 atom stereocenters. The number of benzene rings is 2. The van der Waals surface area contributed by atoms with Crippen molar-refractivity contribution in [1.82, 2.24) is 9.55 Å². The topological polar surface area (TPSA) is 20.7 Å². The van der Waals surface area contributed by atoms with Crippen LogP contribution in [0.25, 0.3) is 11.0 Å². The van der Waals surface area contributed by atoms with Gasteiger partial charge in [0.05, 0.1) is 11.0 Å². The summed E-state index contributed by atoms with van der Waals surface area (Å²) < 4.78 is 16.3. The Balaban J connectivity index is 1.92. The maximum Gasteiger partial charge on any atom is 0.178 e. The first-order chi connectivity index (χ1) is 9.25. The molecule has 0 spiro atoms. The molecule has 3 rings (SSSR count). The van der Waals surface area contributed by atoms with Crippen LogP contribution in [0.2, 0.25) is 0 Å². The summed E-state index contributed by atoms with van der Waals surface area (Å²) >= 11 is 5.31. The van der Waals surface area contributed by atoms with Crippen LogP contribution in [0.5, 0.6) is 0 Å². The fourth-order valence-corrected chi connectivity index (χ4v) is 2.56. The number of imidazole rings is 1. The van der Waals surface area contributed by atoms with E-state index in [1.807, 2.05) is 41.0 Å². The van der Waals surface area contributed by atoms with Gasteiger partial charge in [0, 0.05) is 6.54 Å². The van der Waals surface area contributed by atoms with Crippen LogP contribution in [0.15, 0.2) is 48.5 Å². The van der Waals surface area contributed by atoms with Gasteiger partial charge in [-0.05, 0) is 42.4 Å². The van der Waals surface area contributed by atoms with E-state index in [2.05, 4.69) is 4.98 Å². The zero-order valence-corrected chi connectivity index (χ0v) is 11.1. The Morgan fingerprint density at radius 2 is 1.79 bits per heavy atom. The van der Waals surface area contributed by atoms with Crippen LogP contribution in [-0.4, -0.2) is 9.55 Å². The summed E-state index contributed by atoms with van der Waals surface area (Å²) in [6.45, 7) is 0.670. The minimum absolute atomic E-state index is 0.158. The summed E-state index contributed by atoms with van der Waals surface area (Å²) in [5.74, 6) is -0.158. The first-order valence-corrected chi connectivity index (χ1v) is 6.57. The molecule has 0 bridgehead atoms. The average Bonchev–Trinajstić information content (AvgIpc) is 2.74. The molecule has 19 heavy (non-hydrogen) atoms. The molecular weight excluding hydrogens is 259 g/mol. The maximum absolute atomic E-state index is 13.6. The van der Waals surface area contributed by atoms with E-state index in [1.165, 1.54) is 6.07 Å². The molecule has 0 aliphatic heterocycles. The zero-order chi connectivity index (χ0) is 13.2. The van der Waals surface area contributed by atoms with Crippen molar-refractivity contribution in [3.63, 3.8) is 0 Å². The van der Waals surface area contributed by atoms with Crippen LogP contribution in [0, 0.1) is 10.6 Å². The number of nitrogens with one attached hydrogen (secondary N) is 1. The lowest BCUT2D eigenvalue weighted by molar-refractivity contribution is 0.595. The minimum atomic E-state index is -0.158. The van der Waals surface area contributed by atoms with Crippen LogP contribution in [-0.2, 0) is 13.0 Å². The monoisotopic (exact) mass is 272 g/mol. The van der Waals surface area contributed by atoms with Gasteiger partial charge < -0.3 is 9.55 Å². The molecule has 0 unspecified atom stereocenters. The number of aromatic nitrogens is 2. The van der Waals surface area contributed by atoms with Gasteiger partial charge >= 0.3 is 0 Å². The quantitative estimate of drug-likeness (QED) is 0.712. The van der Waals surface area contributed by atoms with Crippen LogP contribution in [0.3, 0.4) is 0 Å². The summed E-state index contributed by atoms with van der Waals surface area (Å²) in [5, 5.41) is 0. The summed E-state index contributed by atoms with van der Waals surface area (Å²) in [7, 11) is 0. The van der Waals surface area contributed by atoms with Crippen molar-refractivity contribution < 1.29 is 4.39 Å². The summed E-state index contributed by atoms with van der Waals surface area (Å²) in [4.78, 5) is 3.16. The van der Waals surface area contributed by atoms with Crippen molar-refractivity contribution in [3.8, 4) is 0 Å². The molecule has 0 saturated heterocycles. The highest BCUT2D eigenvalue weighted by atomic mass is 32.1. The van der Waals surface area contributed by atoms with E-state index in [-0.39, 0.29) is 5.82 Å². The van der Waals surface area contributed by atoms with Crippen LogP contribution in [0.1, 0.15) is 5.56 Å². The van der Waals surface area contributed by atoms with E-state index < -0.39 is 0 Å². The van der Waals surface area contributed by atoms with Gasteiger partial charge in [-0.25, -0.2) is 4.39 Å². The van der Waals surface area contributed by atoms with E-state index >= 15 is 0 Å². The smallest absolute Gasteiger partial charge is 0.178 e. The van der Waals surface area contributed by atoms with Gasteiger partial charge in [0.25, 0.3) is 0 Å². The highest BCUT2D eigenvalue weighted by Gasteiger charge is 2.05. The van der Waals surface area contributed by atoms with E-state index in [0.717, 1.165) is 16.6 Å². The normalized spacial score (nSPS) is 11.0. The molecule has 0 radical (unpaired) electrons. The fourth-order valence-electron chi connectivity index (χ4n) is 2.26. The Kier molecular flexibility index (Phi) is 3.17. The van der Waals surface area contributed by atoms with Crippen LogP contribution < -0.4 is 0 Å². The van der Waals surface area contributed by atoms with E-state index in [4.69, 9.17) is 12.2 Å². The number of nitrogens with zero attached hydrogens (tertiary/aromatic N) is 1. The average molecular weight is 272 g/mol. The van der Waals surface area contributed by atoms with E-state index in [1.54, 1.807) is 6.07 Å². The Morgan fingerprint density at radius 1 is 1.05 bits per heavy atom. The number of H-pyrrole nitrogens is 1. The molecule has 1 heterocycles. The summed E-state index contributed by atoms with van der Waals surface area (Å²) in [5.41, 5.74) is 2.79. The van der Waals surface area contributed by atoms with E-state index in [9.17, 15) is 4.39 Å². The number of hydrogen-bond donors (Lipinski definition) is 1. The number of hydrogen-bond acceptors (Lipinski definition) is 1. The maximum atomic E-state index is 13.6. The van der Waals surface area contributed by atoms with Gasteiger partial charge in [-0.15, -0.1) is 0 Å². The zero-order valence-electron chi connectivity index (χ0n) is 10.3. The van der Waals surface area contributed by atoms with Crippen molar-refractivity contribution in [3.05, 3.63) is 64.7 Å². The molecular formula is C15H13FN2S. The van der Waals surface area contributed by atoms with Gasteiger partial charge in [0.2, 0.25) is 0 Å². The predicted molar refractivity (Wildman–Crippen MR) is 77.2 cm³/mol. The molecule has 96 valence electrons. The first-order valence-electron chi connectivity index (χ1n) is 6.16. The molecule has 3 aromatic rings. The lowest BCUT2D eigenvalue weighted by Gasteiger charge is -2.05. The lowest BCUT2D eigenvalue weighted by atomic mass is 10.1.